The van der Waals surface area contributed by atoms with Gasteiger partial charge in [-0.25, -0.2) is 0 Å². The van der Waals surface area contributed by atoms with Gasteiger partial charge in [0.05, 0.1) is 11.5 Å². The predicted octanol–water partition coefficient (Wildman–Crippen LogP) is 5.00. The Morgan fingerprint density at radius 2 is 1.96 bits per heavy atom. The zero-order valence-electron chi connectivity index (χ0n) is 13.0. The van der Waals surface area contributed by atoms with Crippen molar-refractivity contribution in [2.24, 2.45) is 0 Å². The standard InChI is InChI=1S/C18H14ClNO2S3/c19-13-5-7-14(8-6-13)24-10-9-22-15-4-2-1-3-12(15)11-16-17(21)20-18(23)25-16/h1-8,11H,9-10H2,(H,20,21,23)/b16-11+. The zero-order valence-corrected chi connectivity index (χ0v) is 16.2. The van der Waals surface area contributed by atoms with Crippen LogP contribution in [0.1, 0.15) is 5.56 Å². The number of amides is 1. The fourth-order valence-electron chi connectivity index (χ4n) is 2.14. The molecule has 1 fully saturated rings. The molecule has 0 aliphatic carbocycles. The van der Waals surface area contributed by atoms with E-state index in [1.807, 2.05) is 48.5 Å². The Kier molecular flexibility index (Phi) is 6.42. The van der Waals surface area contributed by atoms with Gasteiger partial charge in [-0.3, -0.25) is 4.79 Å². The molecule has 0 unspecified atom stereocenters. The number of hydrogen-bond donors (Lipinski definition) is 1. The number of carbonyl (C=O) groups is 1. The van der Waals surface area contributed by atoms with Gasteiger partial charge < -0.3 is 10.1 Å². The van der Waals surface area contributed by atoms with E-state index in [9.17, 15) is 4.79 Å². The highest BCUT2D eigenvalue weighted by Gasteiger charge is 2.22. The molecular weight excluding hydrogens is 394 g/mol. The normalized spacial score (nSPS) is 15.5. The first-order valence-corrected chi connectivity index (χ1v) is 10.1. The molecule has 0 atom stereocenters. The van der Waals surface area contributed by atoms with E-state index in [-0.39, 0.29) is 5.91 Å². The number of para-hydroxylation sites is 1. The molecule has 1 aliphatic rings. The Morgan fingerprint density at radius 3 is 2.68 bits per heavy atom. The van der Waals surface area contributed by atoms with Gasteiger partial charge in [-0.05, 0) is 36.4 Å². The van der Waals surface area contributed by atoms with Gasteiger partial charge in [0, 0.05) is 21.2 Å². The minimum Gasteiger partial charge on any atom is -0.492 e. The Bertz CT molecular complexity index is 821. The molecule has 25 heavy (non-hydrogen) atoms. The van der Waals surface area contributed by atoms with E-state index in [4.69, 9.17) is 28.6 Å². The molecular formula is C18H14ClNO2S3. The van der Waals surface area contributed by atoms with Crippen LogP contribution in [0.5, 0.6) is 5.75 Å². The average molecular weight is 408 g/mol. The molecule has 1 N–H and O–H groups in total. The summed E-state index contributed by atoms with van der Waals surface area (Å²) < 4.78 is 6.37. The molecule has 3 nitrogen and oxygen atoms in total. The summed E-state index contributed by atoms with van der Waals surface area (Å²) in [5.74, 6) is 1.40. The molecule has 7 heteroatoms. The SMILES string of the molecule is O=C1NC(=S)S/C1=C/c1ccccc1OCCSc1ccc(Cl)cc1. The number of thiocarbonyl (C=S) groups is 1. The highest BCUT2D eigenvalue weighted by molar-refractivity contribution is 8.26. The number of halogens is 1. The van der Waals surface area contributed by atoms with Gasteiger partial charge in [0.15, 0.2) is 0 Å². The van der Waals surface area contributed by atoms with Crippen LogP contribution in [-0.2, 0) is 4.79 Å². The van der Waals surface area contributed by atoms with Crippen LogP contribution in [-0.4, -0.2) is 22.6 Å². The fraction of sp³-hybridized carbons (Fsp3) is 0.111. The summed E-state index contributed by atoms with van der Waals surface area (Å²) in [5, 5.41) is 3.35. The van der Waals surface area contributed by atoms with E-state index < -0.39 is 0 Å². The maximum absolute atomic E-state index is 11.8. The van der Waals surface area contributed by atoms with Crippen LogP contribution >= 0.6 is 47.3 Å². The molecule has 1 aliphatic heterocycles. The third-order valence-corrected chi connectivity index (χ3v) is 5.66. The number of nitrogens with one attached hydrogen (secondary N) is 1. The van der Waals surface area contributed by atoms with Crippen LogP contribution in [0.15, 0.2) is 58.3 Å². The first-order valence-electron chi connectivity index (χ1n) is 7.47. The molecule has 3 rings (SSSR count). The maximum atomic E-state index is 11.8. The molecule has 128 valence electrons. The van der Waals surface area contributed by atoms with E-state index in [1.54, 1.807) is 17.8 Å². The smallest absolute Gasteiger partial charge is 0.263 e. The first-order chi connectivity index (χ1) is 12.1. The molecule has 1 amide bonds. The summed E-state index contributed by atoms with van der Waals surface area (Å²) in [4.78, 5) is 13.5. The molecule has 0 radical (unpaired) electrons. The molecule has 0 bridgehead atoms. The third-order valence-electron chi connectivity index (χ3n) is 3.27. The number of benzene rings is 2. The topological polar surface area (TPSA) is 38.3 Å². The van der Waals surface area contributed by atoms with E-state index in [0.29, 0.717) is 15.8 Å². The Morgan fingerprint density at radius 1 is 1.20 bits per heavy atom. The van der Waals surface area contributed by atoms with Gasteiger partial charge in [-0.1, -0.05) is 53.8 Å². The van der Waals surface area contributed by atoms with Gasteiger partial charge in [0.1, 0.15) is 10.1 Å². The van der Waals surface area contributed by atoms with Crippen LogP contribution in [0.25, 0.3) is 6.08 Å². The van der Waals surface area contributed by atoms with E-state index in [2.05, 4.69) is 5.32 Å². The van der Waals surface area contributed by atoms with Crippen LogP contribution in [0.3, 0.4) is 0 Å². The van der Waals surface area contributed by atoms with Crippen molar-refractivity contribution in [2.45, 2.75) is 4.90 Å². The van der Waals surface area contributed by atoms with Crippen LogP contribution in [0.2, 0.25) is 5.02 Å². The lowest BCUT2D eigenvalue weighted by molar-refractivity contribution is -0.115. The highest BCUT2D eigenvalue weighted by Crippen LogP contribution is 2.29. The minimum atomic E-state index is -0.164. The van der Waals surface area contributed by atoms with Gasteiger partial charge in [0.2, 0.25) is 0 Å². The van der Waals surface area contributed by atoms with Crippen molar-refractivity contribution in [1.82, 2.24) is 5.32 Å². The van der Waals surface area contributed by atoms with Crippen LogP contribution in [0, 0.1) is 0 Å². The lowest BCUT2D eigenvalue weighted by Crippen LogP contribution is -2.17. The van der Waals surface area contributed by atoms with Crippen molar-refractivity contribution in [1.29, 1.82) is 0 Å². The van der Waals surface area contributed by atoms with Crippen LogP contribution in [0.4, 0.5) is 0 Å². The van der Waals surface area contributed by atoms with Crippen molar-refractivity contribution in [3.63, 3.8) is 0 Å². The number of carbonyl (C=O) groups excluding carboxylic acids is 1. The van der Waals surface area contributed by atoms with Gasteiger partial charge in [0.25, 0.3) is 5.91 Å². The monoisotopic (exact) mass is 407 g/mol. The molecule has 0 spiro atoms. The van der Waals surface area contributed by atoms with Crippen molar-refractivity contribution in [3.8, 4) is 5.75 Å². The predicted molar refractivity (Wildman–Crippen MR) is 110 cm³/mol. The lowest BCUT2D eigenvalue weighted by Gasteiger charge is -2.09. The molecule has 2 aromatic rings. The van der Waals surface area contributed by atoms with Gasteiger partial charge in [-0.15, -0.1) is 11.8 Å². The summed E-state index contributed by atoms with van der Waals surface area (Å²) in [5.41, 5.74) is 0.862. The Balaban J connectivity index is 1.59. The van der Waals surface area contributed by atoms with Crippen molar-refractivity contribution >= 4 is 63.6 Å². The fourth-order valence-corrected chi connectivity index (χ4v) is 4.03. The molecule has 1 heterocycles. The summed E-state index contributed by atoms with van der Waals surface area (Å²) in [6.07, 6.45) is 1.81. The average Bonchev–Trinajstić information content (AvgIpc) is 2.92. The van der Waals surface area contributed by atoms with Crippen LogP contribution < -0.4 is 10.1 Å². The number of ether oxygens (including phenoxy) is 1. The second-order valence-electron chi connectivity index (χ2n) is 5.04. The molecule has 0 saturated carbocycles. The third kappa shape index (κ3) is 5.25. The molecule has 0 aromatic heterocycles. The van der Waals surface area contributed by atoms with Crippen molar-refractivity contribution in [2.75, 3.05) is 12.4 Å². The summed E-state index contributed by atoms with van der Waals surface area (Å²) >= 11 is 13.9. The Labute approximate surface area is 165 Å². The van der Waals surface area contributed by atoms with Crippen molar-refractivity contribution < 1.29 is 9.53 Å². The second-order valence-corrected chi connectivity index (χ2v) is 8.36. The number of hydrogen-bond acceptors (Lipinski definition) is 5. The molecule has 1 saturated heterocycles. The van der Waals surface area contributed by atoms with Gasteiger partial charge in [-0.2, -0.15) is 0 Å². The zero-order chi connectivity index (χ0) is 17.6. The quantitative estimate of drug-likeness (QED) is 0.315. The number of thioether (sulfide) groups is 2. The Hall–Kier alpha value is -1.47. The minimum absolute atomic E-state index is 0.164. The molecule has 2 aromatic carbocycles. The van der Waals surface area contributed by atoms with E-state index >= 15 is 0 Å². The second kappa shape index (κ2) is 8.76. The number of rotatable bonds is 6. The summed E-state index contributed by atoms with van der Waals surface area (Å²) in [7, 11) is 0. The lowest BCUT2D eigenvalue weighted by atomic mass is 10.2. The van der Waals surface area contributed by atoms with E-state index in [0.717, 1.165) is 27.0 Å². The van der Waals surface area contributed by atoms with Crippen molar-refractivity contribution in [3.05, 3.63) is 64.0 Å². The summed E-state index contributed by atoms with van der Waals surface area (Å²) in [6, 6.07) is 15.4. The van der Waals surface area contributed by atoms with E-state index in [1.165, 1.54) is 11.8 Å². The maximum Gasteiger partial charge on any atom is 0.263 e. The highest BCUT2D eigenvalue weighted by atomic mass is 35.5. The van der Waals surface area contributed by atoms with Gasteiger partial charge >= 0.3 is 0 Å². The summed E-state index contributed by atoms with van der Waals surface area (Å²) in [6.45, 7) is 0.561. The first kappa shape index (κ1) is 18.3. The largest absolute Gasteiger partial charge is 0.492 e.